The zero-order chi connectivity index (χ0) is 16.5. The van der Waals surface area contributed by atoms with Crippen LogP contribution in [0.15, 0.2) is 12.1 Å². The van der Waals surface area contributed by atoms with E-state index in [1.807, 2.05) is 6.92 Å². The number of ether oxygens (including phenoxy) is 2. The number of benzene rings is 1. The van der Waals surface area contributed by atoms with Crippen molar-refractivity contribution in [2.75, 3.05) is 20.3 Å². The van der Waals surface area contributed by atoms with Crippen molar-refractivity contribution in [1.82, 2.24) is 5.32 Å². The van der Waals surface area contributed by atoms with Gasteiger partial charge in [0.15, 0.2) is 11.5 Å². The zero-order valence-electron chi connectivity index (χ0n) is 13.9. The molecule has 23 heavy (non-hydrogen) atoms. The number of unbranched alkanes of at least 4 members (excludes halogenated alkanes) is 1. The van der Waals surface area contributed by atoms with E-state index >= 15 is 0 Å². The molecule has 1 rings (SSSR count). The van der Waals surface area contributed by atoms with Crippen molar-refractivity contribution in [1.29, 1.82) is 0 Å². The molecular weight excluding hydrogens is 339 g/mol. The van der Waals surface area contributed by atoms with Crippen LogP contribution in [0.4, 0.5) is 0 Å². The summed E-state index contributed by atoms with van der Waals surface area (Å²) >= 11 is 6.22. The maximum Gasteiger partial charge on any atom is 0.251 e. The molecule has 0 fully saturated rings. The lowest BCUT2D eigenvalue weighted by Crippen LogP contribution is -2.29. The van der Waals surface area contributed by atoms with Gasteiger partial charge in [0.25, 0.3) is 5.91 Å². The van der Waals surface area contributed by atoms with Gasteiger partial charge >= 0.3 is 0 Å². The summed E-state index contributed by atoms with van der Waals surface area (Å²) in [7, 11) is 1.52. The number of rotatable bonds is 9. The summed E-state index contributed by atoms with van der Waals surface area (Å²) in [4.78, 5) is 12.1. The number of methoxy groups -OCH3 is 1. The highest BCUT2D eigenvalue weighted by Crippen LogP contribution is 2.36. The first-order chi connectivity index (χ1) is 10.5. The number of hydrogen-bond donors (Lipinski definition) is 2. The molecule has 0 aliphatic heterocycles. The summed E-state index contributed by atoms with van der Waals surface area (Å²) in [6, 6.07) is 3.27. The van der Waals surface area contributed by atoms with Gasteiger partial charge in [-0.15, -0.1) is 12.4 Å². The van der Waals surface area contributed by atoms with E-state index in [0.717, 1.165) is 19.3 Å². The second-order valence-corrected chi connectivity index (χ2v) is 5.62. The van der Waals surface area contributed by atoms with Crippen LogP contribution in [0, 0.1) is 0 Å². The monoisotopic (exact) mass is 364 g/mol. The number of halogens is 2. The predicted molar refractivity (Wildman–Crippen MR) is 96.3 cm³/mol. The van der Waals surface area contributed by atoms with Crippen molar-refractivity contribution in [3.63, 3.8) is 0 Å². The van der Waals surface area contributed by atoms with Gasteiger partial charge in [-0.2, -0.15) is 0 Å². The smallest absolute Gasteiger partial charge is 0.251 e. The lowest BCUT2D eigenvalue weighted by Gasteiger charge is -2.14. The van der Waals surface area contributed by atoms with Crippen LogP contribution in [0.1, 0.15) is 43.5 Å². The average Bonchev–Trinajstić information content (AvgIpc) is 2.48. The van der Waals surface area contributed by atoms with Crippen LogP contribution in [-0.2, 0) is 0 Å². The molecule has 0 saturated heterocycles. The van der Waals surface area contributed by atoms with Crippen molar-refractivity contribution >= 4 is 29.9 Å². The van der Waals surface area contributed by atoms with Crippen LogP contribution in [0.5, 0.6) is 11.5 Å². The Balaban J connectivity index is 0.00000484. The Morgan fingerprint density at radius 3 is 2.70 bits per heavy atom. The fraction of sp³-hybridized carbons (Fsp3) is 0.562. The maximum absolute atomic E-state index is 12.1. The predicted octanol–water partition coefficient (Wildman–Crippen LogP) is 3.42. The van der Waals surface area contributed by atoms with Crippen LogP contribution in [-0.4, -0.2) is 32.2 Å². The number of nitrogens with two attached hydrogens (primary N) is 1. The molecule has 5 nitrogen and oxygen atoms in total. The van der Waals surface area contributed by atoms with E-state index in [1.165, 1.54) is 7.11 Å². The van der Waals surface area contributed by atoms with Crippen molar-refractivity contribution < 1.29 is 14.3 Å². The number of carbonyl (C=O) groups is 1. The Bertz CT molecular complexity index is 496. The quantitative estimate of drug-likeness (QED) is 0.658. The first-order valence-electron chi connectivity index (χ1n) is 7.53. The van der Waals surface area contributed by atoms with E-state index in [2.05, 4.69) is 12.2 Å². The molecule has 0 aliphatic carbocycles. The summed E-state index contributed by atoms with van der Waals surface area (Å²) in [5, 5.41) is 3.17. The maximum atomic E-state index is 12.1. The molecule has 1 amide bonds. The molecule has 1 unspecified atom stereocenters. The molecule has 0 aromatic heterocycles. The summed E-state index contributed by atoms with van der Waals surface area (Å²) < 4.78 is 10.9. The molecule has 1 aromatic carbocycles. The largest absolute Gasteiger partial charge is 0.493 e. The van der Waals surface area contributed by atoms with Crippen LogP contribution in [0.25, 0.3) is 0 Å². The van der Waals surface area contributed by atoms with E-state index in [9.17, 15) is 4.79 Å². The van der Waals surface area contributed by atoms with Gasteiger partial charge in [-0.3, -0.25) is 4.79 Å². The van der Waals surface area contributed by atoms with E-state index in [0.29, 0.717) is 35.2 Å². The van der Waals surface area contributed by atoms with Gasteiger partial charge in [0.2, 0.25) is 0 Å². The third kappa shape index (κ3) is 7.29. The van der Waals surface area contributed by atoms with Gasteiger partial charge in [0.05, 0.1) is 18.7 Å². The lowest BCUT2D eigenvalue weighted by atomic mass is 10.1. The first-order valence-corrected chi connectivity index (χ1v) is 7.91. The molecule has 1 aromatic rings. The molecule has 1 atom stereocenters. The number of nitrogens with one attached hydrogen (secondary N) is 1. The first kappa shape index (κ1) is 21.8. The average molecular weight is 365 g/mol. The van der Waals surface area contributed by atoms with Crippen molar-refractivity contribution in [3.8, 4) is 11.5 Å². The van der Waals surface area contributed by atoms with Crippen LogP contribution >= 0.6 is 24.0 Å². The van der Waals surface area contributed by atoms with Crippen molar-refractivity contribution in [2.24, 2.45) is 5.73 Å². The highest BCUT2D eigenvalue weighted by Gasteiger charge is 2.15. The molecule has 0 aliphatic rings. The summed E-state index contributed by atoms with van der Waals surface area (Å²) in [6.45, 7) is 5.06. The van der Waals surface area contributed by atoms with E-state index in [-0.39, 0.29) is 24.4 Å². The van der Waals surface area contributed by atoms with Gasteiger partial charge in [-0.25, -0.2) is 0 Å². The third-order valence-electron chi connectivity index (χ3n) is 3.12. The molecule has 0 spiro atoms. The number of carbonyl (C=O) groups excluding carboxylic acids is 1. The van der Waals surface area contributed by atoms with Gasteiger partial charge in [-0.1, -0.05) is 24.9 Å². The van der Waals surface area contributed by atoms with Crippen LogP contribution in [0.3, 0.4) is 0 Å². The zero-order valence-corrected chi connectivity index (χ0v) is 15.4. The minimum atomic E-state index is -0.207. The van der Waals surface area contributed by atoms with Gasteiger partial charge < -0.3 is 20.5 Å². The molecule has 132 valence electrons. The Kier molecular flexibility index (Phi) is 10.8. The van der Waals surface area contributed by atoms with Gasteiger partial charge in [0.1, 0.15) is 0 Å². The Morgan fingerprint density at radius 1 is 1.43 bits per heavy atom. The lowest BCUT2D eigenvalue weighted by molar-refractivity contribution is 0.0952. The number of hydrogen-bond acceptors (Lipinski definition) is 4. The second kappa shape index (κ2) is 11.4. The SMILES string of the molecule is CCCCOc1c(Cl)cc(C(=O)NCCC(C)N)cc1OC.Cl. The minimum Gasteiger partial charge on any atom is -0.493 e. The molecule has 0 bridgehead atoms. The Morgan fingerprint density at radius 2 is 2.13 bits per heavy atom. The standard InChI is InChI=1S/C16H25ClN2O3.ClH/c1-4-5-8-22-15-13(17)9-12(10-14(15)21-3)16(20)19-7-6-11(2)18;/h9-11H,4-8,18H2,1-3H3,(H,19,20);1H. The molecular formula is C16H26Cl2N2O3. The van der Waals surface area contributed by atoms with Crippen LogP contribution < -0.4 is 20.5 Å². The molecule has 3 N–H and O–H groups in total. The molecule has 7 heteroatoms. The van der Waals surface area contributed by atoms with Crippen molar-refractivity contribution in [3.05, 3.63) is 22.7 Å². The normalized spacial score (nSPS) is 11.3. The number of amides is 1. The highest BCUT2D eigenvalue weighted by molar-refractivity contribution is 6.32. The molecule has 0 saturated carbocycles. The topological polar surface area (TPSA) is 73.6 Å². The third-order valence-corrected chi connectivity index (χ3v) is 3.40. The summed E-state index contributed by atoms with van der Waals surface area (Å²) in [5.41, 5.74) is 6.10. The summed E-state index contributed by atoms with van der Waals surface area (Å²) in [5.74, 6) is 0.728. The van der Waals surface area contributed by atoms with E-state index < -0.39 is 0 Å². The second-order valence-electron chi connectivity index (χ2n) is 5.21. The Labute approximate surface area is 149 Å². The highest BCUT2D eigenvalue weighted by atomic mass is 35.5. The fourth-order valence-electron chi connectivity index (χ4n) is 1.83. The molecule has 0 heterocycles. The fourth-order valence-corrected chi connectivity index (χ4v) is 2.09. The minimum absolute atomic E-state index is 0. The molecule has 0 radical (unpaired) electrons. The summed E-state index contributed by atoms with van der Waals surface area (Å²) in [6.07, 6.45) is 2.67. The van der Waals surface area contributed by atoms with Crippen LogP contribution in [0.2, 0.25) is 5.02 Å². The van der Waals surface area contributed by atoms with Gasteiger partial charge in [-0.05, 0) is 31.9 Å². The van der Waals surface area contributed by atoms with E-state index in [1.54, 1.807) is 12.1 Å². The van der Waals surface area contributed by atoms with Crippen molar-refractivity contribution in [2.45, 2.75) is 39.2 Å². The van der Waals surface area contributed by atoms with Gasteiger partial charge in [0, 0.05) is 18.2 Å². The van der Waals surface area contributed by atoms with E-state index in [4.69, 9.17) is 26.8 Å². The Hall–Kier alpha value is -1.17.